The summed E-state index contributed by atoms with van der Waals surface area (Å²) in [6, 6.07) is 19.4. The van der Waals surface area contributed by atoms with E-state index in [1.807, 2.05) is 41.0 Å². The Hall–Kier alpha value is -2.96. The van der Waals surface area contributed by atoms with E-state index in [2.05, 4.69) is 9.88 Å². The first kappa shape index (κ1) is 24.4. The van der Waals surface area contributed by atoms with Gasteiger partial charge in [0.15, 0.2) is 0 Å². The number of imidazole rings is 1. The predicted molar refractivity (Wildman–Crippen MR) is 143 cm³/mol. The maximum Gasteiger partial charge on any atom is 0.326 e. The van der Waals surface area contributed by atoms with Gasteiger partial charge in [-0.15, -0.1) is 0 Å². The number of nitrogens with zero attached hydrogens (tertiary/aromatic N) is 2. The molecule has 1 saturated carbocycles. The molecular weight excluding hydrogens is 492 g/mol. The molecule has 1 aliphatic carbocycles. The van der Waals surface area contributed by atoms with Crippen molar-refractivity contribution in [1.82, 2.24) is 14.5 Å². The van der Waals surface area contributed by atoms with Crippen molar-refractivity contribution < 1.29 is 8.78 Å². The second-order valence-electron chi connectivity index (χ2n) is 10.7. The number of aromatic amines is 1. The van der Waals surface area contributed by atoms with Crippen LogP contribution in [0.3, 0.4) is 0 Å². The largest absolute Gasteiger partial charge is 0.326 e. The third kappa shape index (κ3) is 4.62. The number of H-pyrrole nitrogens is 1. The van der Waals surface area contributed by atoms with Gasteiger partial charge in [-0.25, -0.2) is 13.6 Å². The quantitative estimate of drug-likeness (QED) is 0.318. The Morgan fingerprint density at radius 2 is 1.51 bits per heavy atom. The number of likely N-dealkylation sites (tertiary alicyclic amines) is 1. The third-order valence-electron chi connectivity index (χ3n) is 8.53. The van der Waals surface area contributed by atoms with E-state index in [9.17, 15) is 13.6 Å². The maximum atomic E-state index is 13.7. The highest BCUT2D eigenvalue weighted by atomic mass is 35.5. The third-order valence-corrected chi connectivity index (χ3v) is 8.76. The fourth-order valence-corrected chi connectivity index (χ4v) is 6.90. The summed E-state index contributed by atoms with van der Waals surface area (Å²) in [6.07, 6.45) is 4.81. The van der Waals surface area contributed by atoms with Crippen molar-refractivity contribution in [2.75, 3.05) is 19.6 Å². The van der Waals surface area contributed by atoms with Crippen LogP contribution in [0.5, 0.6) is 0 Å². The minimum absolute atomic E-state index is 0.0742. The van der Waals surface area contributed by atoms with Crippen LogP contribution < -0.4 is 5.69 Å². The zero-order valence-electron chi connectivity index (χ0n) is 20.6. The number of fused-ring (bicyclic) bond motifs is 1. The Morgan fingerprint density at radius 1 is 0.892 bits per heavy atom. The molecule has 37 heavy (non-hydrogen) atoms. The molecule has 1 atom stereocenters. The minimum Gasteiger partial charge on any atom is -0.305 e. The maximum absolute atomic E-state index is 13.7. The van der Waals surface area contributed by atoms with Gasteiger partial charge in [0.05, 0.1) is 11.0 Å². The van der Waals surface area contributed by atoms with Gasteiger partial charge in [-0.1, -0.05) is 35.9 Å². The van der Waals surface area contributed by atoms with E-state index in [0.717, 1.165) is 73.9 Å². The van der Waals surface area contributed by atoms with Crippen LogP contribution in [-0.4, -0.2) is 34.1 Å². The van der Waals surface area contributed by atoms with Gasteiger partial charge < -0.3 is 9.88 Å². The van der Waals surface area contributed by atoms with Crippen LogP contribution in [0.2, 0.25) is 5.02 Å². The summed E-state index contributed by atoms with van der Waals surface area (Å²) in [5, 5.41) is 0.615. The van der Waals surface area contributed by atoms with E-state index in [1.54, 1.807) is 6.07 Å². The zero-order chi connectivity index (χ0) is 25.6. The lowest BCUT2D eigenvalue weighted by Crippen LogP contribution is -2.39. The van der Waals surface area contributed by atoms with Crippen molar-refractivity contribution in [2.24, 2.45) is 5.92 Å². The molecule has 2 heterocycles. The molecule has 0 amide bonds. The van der Waals surface area contributed by atoms with Gasteiger partial charge in [-0.3, -0.25) is 4.57 Å². The molecule has 1 saturated heterocycles. The Morgan fingerprint density at radius 3 is 2.14 bits per heavy atom. The Labute approximate surface area is 219 Å². The fourth-order valence-electron chi connectivity index (χ4n) is 6.72. The van der Waals surface area contributed by atoms with Gasteiger partial charge in [0.25, 0.3) is 0 Å². The molecule has 192 valence electrons. The number of benzene rings is 3. The van der Waals surface area contributed by atoms with E-state index >= 15 is 0 Å². The Balaban J connectivity index is 1.16. The molecule has 6 rings (SSSR count). The number of aromatic nitrogens is 2. The Kier molecular flexibility index (Phi) is 6.41. The first-order valence-electron chi connectivity index (χ1n) is 13.1. The molecule has 1 aliphatic heterocycles. The van der Waals surface area contributed by atoms with E-state index < -0.39 is 0 Å². The van der Waals surface area contributed by atoms with Crippen molar-refractivity contribution in [3.63, 3.8) is 0 Å². The molecule has 0 radical (unpaired) electrons. The first-order chi connectivity index (χ1) is 17.9. The number of halogens is 3. The molecule has 7 heteroatoms. The summed E-state index contributed by atoms with van der Waals surface area (Å²) in [4.78, 5) is 18.2. The van der Waals surface area contributed by atoms with E-state index in [0.29, 0.717) is 10.9 Å². The van der Waals surface area contributed by atoms with Crippen molar-refractivity contribution in [2.45, 2.75) is 43.6 Å². The molecular formula is C30H30ClF2N3O. The zero-order valence-corrected chi connectivity index (χ0v) is 21.4. The predicted octanol–water partition coefficient (Wildman–Crippen LogP) is 6.68. The minimum atomic E-state index is -0.243. The summed E-state index contributed by atoms with van der Waals surface area (Å²) in [5.41, 5.74) is 3.58. The van der Waals surface area contributed by atoms with Crippen LogP contribution in [0, 0.1) is 17.6 Å². The lowest BCUT2D eigenvalue weighted by molar-refractivity contribution is 0.162. The highest BCUT2D eigenvalue weighted by Gasteiger charge is 2.42. The van der Waals surface area contributed by atoms with Crippen LogP contribution in [0.25, 0.3) is 11.0 Å². The van der Waals surface area contributed by atoms with Crippen molar-refractivity contribution >= 4 is 22.6 Å². The molecule has 3 aromatic carbocycles. The van der Waals surface area contributed by atoms with E-state index in [1.165, 1.54) is 24.3 Å². The lowest BCUT2D eigenvalue weighted by Gasteiger charge is -2.35. The summed E-state index contributed by atoms with van der Waals surface area (Å²) < 4.78 is 29.3. The van der Waals surface area contributed by atoms with Crippen LogP contribution in [0.4, 0.5) is 8.78 Å². The second-order valence-corrected chi connectivity index (χ2v) is 11.1. The average molecular weight is 522 g/mol. The smallest absolute Gasteiger partial charge is 0.305 e. The molecule has 0 bridgehead atoms. The first-order valence-corrected chi connectivity index (χ1v) is 13.4. The van der Waals surface area contributed by atoms with Crippen LogP contribution in [0.15, 0.2) is 71.5 Å². The summed E-state index contributed by atoms with van der Waals surface area (Å²) in [5.74, 6) is 0.00488. The van der Waals surface area contributed by atoms with Gasteiger partial charge in [0.1, 0.15) is 11.6 Å². The van der Waals surface area contributed by atoms with E-state index in [-0.39, 0.29) is 28.8 Å². The normalized spacial score (nSPS) is 20.6. The number of rotatable bonds is 5. The molecule has 4 nitrogen and oxygen atoms in total. The van der Waals surface area contributed by atoms with Crippen molar-refractivity contribution in [3.05, 3.63) is 105 Å². The summed E-state index contributed by atoms with van der Waals surface area (Å²) >= 11 is 6.11. The monoisotopic (exact) mass is 521 g/mol. The Bertz CT molecular complexity index is 1410. The number of nitrogens with one attached hydrogen (secondary N) is 1. The van der Waals surface area contributed by atoms with Gasteiger partial charge in [0, 0.05) is 36.1 Å². The van der Waals surface area contributed by atoms with Crippen LogP contribution in [0.1, 0.15) is 49.3 Å². The summed E-state index contributed by atoms with van der Waals surface area (Å²) in [6.45, 7) is 2.87. The molecule has 1 N–H and O–H groups in total. The van der Waals surface area contributed by atoms with Crippen LogP contribution >= 0.6 is 11.6 Å². The topological polar surface area (TPSA) is 41.0 Å². The van der Waals surface area contributed by atoms with Crippen LogP contribution in [-0.2, 0) is 5.41 Å². The SMILES string of the molecule is O=c1[nH]c2cc(Cl)ccc2n1C1CCN(CC2CCC(c3ccc(F)cc3)(c3ccc(F)cc3)C2)CC1. The second kappa shape index (κ2) is 9.73. The fraction of sp³-hybridized carbons (Fsp3) is 0.367. The van der Waals surface area contributed by atoms with E-state index in [4.69, 9.17) is 11.6 Å². The number of hydrogen-bond donors (Lipinski definition) is 1. The molecule has 2 fully saturated rings. The average Bonchev–Trinajstić information content (AvgIpc) is 3.46. The highest BCUT2D eigenvalue weighted by Crippen LogP contribution is 2.49. The van der Waals surface area contributed by atoms with Gasteiger partial charge >= 0.3 is 5.69 Å². The molecule has 1 unspecified atom stereocenters. The van der Waals surface area contributed by atoms with Crippen molar-refractivity contribution in [3.8, 4) is 0 Å². The van der Waals surface area contributed by atoms with Gasteiger partial charge in [-0.05, 0) is 91.6 Å². The van der Waals surface area contributed by atoms with Gasteiger partial charge in [-0.2, -0.15) is 0 Å². The highest BCUT2D eigenvalue weighted by molar-refractivity contribution is 6.31. The standard InChI is InChI=1S/C30H30ClF2N3O/c31-23-5-10-28-27(17-23)34-29(37)36(28)26-12-15-35(16-13-26)19-20-11-14-30(18-20,21-1-6-24(32)7-2-21)22-3-8-25(33)9-4-22/h1-10,17,20,26H,11-16,18-19H2,(H,34,37). The summed E-state index contributed by atoms with van der Waals surface area (Å²) in [7, 11) is 0. The molecule has 1 aromatic heterocycles. The number of piperidine rings is 1. The molecule has 0 spiro atoms. The molecule has 2 aliphatic rings. The number of hydrogen-bond acceptors (Lipinski definition) is 2. The lowest BCUT2D eigenvalue weighted by atomic mass is 9.72. The van der Waals surface area contributed by atoms with Crippen molar-refractivity contribution in [1.29, 1.82) is 0 Å². The van der Waals surface area contributed by atoms with Gasteiger partial charge in [0.2, 0.25) is 0 Å². The molecule has 4 aromatic rings.